The Bertz CT molecular complexity index is 238. The molecule has 0 atom stereocenters. The SMILES string of the molecule is C=C/C=C\C(C(C)=NC)=C(C)C. The molecule has 0 aliphatic carbocycles. The van der Waals surface area contributed by atoms with E-state index in [0.717, 1.165) is 5.71 Å². The number of hydrogen-bond acceptors (Lipinski definition) is 1. The molecule has 0 rings (SSSR count). The maximum absolute atomic E-state index is 4.14. The molecule has 0 amide bonds. The van der Waals surface area contributed by atoms with Crippen LogP contribution >= 0.6 is 0 Å². The molecule has 66 valence electrons. The van der Waals surface area contributed by atoms with Crippen LogP contribution in [-0.2, 0) is 0 Å². The van der Waals surface area contributed by atoms with E-state index in [1.54, 1.807) is 13.1 Å². The zero-order valence-electron chi connectivity index (χ0n) is 8.39. The lowest BCUT2D eigenvalue weighted by atomic mass is 10.1. The second-order valence-electron chi connectivity index (χ2n) is 2.82. The zero-order valence-corrected chi connectivity index (χ0v) is 8.39. The van der Waals surface area contributed by atoms with Gasteiger partial charge in [-0.05, 0) is 26.3 Å². The average molecular weight is 163 g/mol. The zero-order chi connectivity index (χ0) is 9.56. The fourth-order valence-electron chi connectivity index (χ4n) is 0.934. The molecule has 0 radical (unpaired) electrons. The molecule has 0 heterocycles. The standard InChI is InChI=1S/C11H17N/c1-6-7-8-11(9(2)3)10(4)12-5/h6-8H,1H2,2-5H3/b8-7-,12-10?. The Hall–Kier alpha value is -1.11. The van der Waals surface area contributed by atoms with Gasteiger partial charge >= 0.3 is 0 Å². The lowest BCUT2D eigenvalue weighted by Gasteiger charge is -2.02. The Morgan fingerprint density at radius 2 is 1.83 bits per heavy atom. The summed E-state index contributed by atoms with van der Waals surface area (Å²) >= 11 is 0. The third kappa shape index (κ3) is 3.33. The van der Waals surface area contributed by atoms with Crippen LogP contribution in [0, 0.1) is 0 Å². The highest BCUT2D eigenvalue weighted by molar-refractivity contribution is 6.01. The van der Waals surface area contributed by atoms with Crippen molar-refractivity contribution in [1.29, 1.82) is 0 Å². The first-order valence-electron chi connectivity index (χ1n) is 4.03. The van der Waals surface area contributed by atoms with Crippen molar-refractivity contribution in [2.75, 3.05) is 7.05 Å². The van der Waals surface area contributed by atoms with E-state index in [9.17, 15) is 0 Å². The van der Waals surface area contributed by atoms with Gasteiger partial charge in [0.2, 0.25) is 0 Å². The molecule has 0 saturated heterocycles. The van der Waals surface area contributed by atoms with Crippen LogP contribution in [0.15, 0.2) is 40.9 Å². The lowest BCUT2D eigenvalue weighted by Crippen LogP contribution is -1.96. The fourth-order valence-corrected chi connectivity index (χ4v) is 0.934. The summed E-state index contributed by atoms with van der Waals surface area (Å²) < 4.78 is 0. The molecular formula is C11H17N. The van der Waals surface area contributed by atoms with Crippen molar-refractivity contribution in [1.82, 2.24) is 0 Å². The summed E-state index contributed by atoms with van der Waals surface area (Å²) in [5, 5.41) is 0. The summed E-state index contributed by atoms with van der Waals surface area (Å²) in [4.78, 5) is 4.14. The van der Waals surface area contributed by atoms with Gasteiger partial charge in [0.25, 0.3) is 0 Å². The molecule has 0 aliphatic heterocycles. The number of aliphatic imine (C=N–C) groups is 1. The largest absolute Gasteiger partial charge is 0.293 e. The quantitative estimate of drug-likeness (QED) is 0.447. The monoisotopic (exact) mass is 163 g/mol. The Morgan fingerprint density at radius 3 is 2.17 bits per heavy atom. The Morgan fingerprint density at radius 1 is 1.25 bits per heavy atom. The van der Waals surface area contributed by atoms with Gasteiger partial charge in [-0.3, -0.25) is 4.99 Å². The van der Waals surface area contributed by atoms with Crippen molar-refractivity contribution in [3.05, 3.63) is 36.0 Å². The van der Waals surface area contributed by atoms with Crippen molar-refractivity contribution in [2.24, 2.45) is 4.99 Å². The van der Waals surface area contributed by atoms with Crippen LogP contribution in [0.3, 0.4) is 0 Å². The van der Waals surface area contributed by atoms with E-state index in [-0.39, 0.29) is 0 Å². The maximum atomic E-state index is 4.14. The second kappa shape index (κ2) is 5.53. The van der Waals surface area contributed by atoms with Crippen LogP contribution in [0.25, 0.3) is 0 Å². The smallest absolute Gasteiger partial charge is 0.0385 e. The predicted molar refractivity (Wildman–Crippen MR) is 56.7 cm³/mol. The summed E-state index contributed by atoms with van der Waals surface area (Å²) in [5.41, 5.74) is 3.53. The molecule has 0 spiro atoms. The van der Waals surface area contributed by atoms with Gasteiger partial charge in [-0.2, -0.15) is 0 Å². The first-order valence-corrected chi connectivity index (χ1v) is 4.03. The molecule has 0 aromatic rings. The van der Waals surface area contributed by atoms with Crippen LogP contribution in [-0.4, -0.2) is 12.8 Å². The first-order chi connectivity index (χ1) is 5.63. The second-order valence-corrected chi connectivity index (χ2v) is 2.82. The molecule has 0 saturated carbocycles. The van der Waals surface area contributed by atoms with Crippen LogP contribution in [0.1, 0.15) is 20.8 Å². The normalized spacial score (nSPS) is 11.8. The van der Waals surface area contributed by atoms with Gasteiger partial charge in [0.05, 0.1) is 0 Å². The fraction of sp³-hybridized carbons (Fsp3) is 0.364. The van der Waals surface area contributed by atoms with E-state index in [1.807, 2.05) is 19.1 Å². The highest BCUT2D eigenvalue weighted by Crippen LogP contribution is 2.07. The molecule has 12 heavy (non-hydrogen) atoms. The molecule has 0 fully saturated rings. The van der Waals surface area contributed by atoms with E-state index in [0.29, 0.717) is 0 Å². The Balaban J connectivity index is 4.83. The summed E-state index contributed by atoms with van der Waals surface area (Å²) in [7, 11) is 1.81. The molecule has 0 aromatic carbocycles. The summed E-state index contributed by atoms with van der Waals surface area (Å²) in [6, 6.07) is 0. The summed E-state index contributed by atoms with van der Waals surface area (Å²) in [6.07, 6.45) is 5.73. The number of allylic oxidation sites excluding steroid dienone is 5. The minimum absolute atomic E-state index is 1.06. The molecule has 1 heteroatoms. The minimum atomic E-state index is 1.06. The topological polar surface area (TPSA) is 12.4 Å². The van der Waals surface area contributed by atoms with Crippen molar-refractivity contribution in [2.45, 2.75) is 20.8 Å². The van der Waals surface area contributed by atoms with Gasteiger partial charge < -0.3 is 0 Å². The van der Waals surface area contributed by atoms with Gasteiger partial charge in [-0.25, -0.2) is 0 Å². The van der Waals surface area contributed by atoms with Gasteiger partial charge in [-0.15, -0.1) is 0 Å². The van der Waals surface area contributed by atoms with Crippen molar-refractivity contribution in [3.63, 3.8) is 0 Å². The van der Waals surface area contributed by atoms with Crippen LogP contribution in [0.2, 0.25) is 0 Å². The number of rotatable bonds is 3. The third-order valence-electron chi connectivity index (χ3n) is 1.66. The first kappa shape index (κ1) is 10.9. The Kier molecular flexibility index (Phi) is 5.02. The molecular weight excluding hydrogens is 146 g/mol. The molecule has 1 nitrogen and oxygen atoms in total. The highest BCUT2D eigenvalue weighted by Gasteiger charge is 1.97. The summed E-state index contributed by atoms with van der Waals surface area (Å²) in [6.45, 7) is 9.80. The van der Waals surface area contributed by atoms with Gasteiger partial charge in [0.1, 0.15) is 0 Å². The lowest BCUT2D eigenvalue weighted by molar-refractivity contribution is 1.33. The number of hydrogen-bond donors (Lipinski definition) is 0. The summed E-state index contributed by atoms with van der Waals surface area (Å²) in [5.74, 6) is 0. The van der Waals surface area contributed by atoms with Crippen molar-refractivity contribution >= 4 is 5.71 Å². The molecule has 0 aromatic heterocycles. The van der Waals surface area contributed by atoms with E-state index < -0.39 is 0 Å². The maximum Gasteiger partial charge on any atom is 0.0385 e. The minimum Gasteiger partial charge on any atom is -0.293 e. The number of nitrogens with zero attached hydrogens (tertiary/aromatic N) is 1. The van der Waals surface area contributed by atoms with Crippen LogP contribution in [0.4, 0.5) is 0 Å². The van der Waals surface area contributed by atoms with Crippen molar-refractivity contribution in [3.8, 4) is 0 Å². The molecule has 0 unspecified atom stereocenters. The van der Waals surface area contributed by atoms with Gasteiger partial charge in [0.15, 0.2) is 0 Å². The van der Waals surface area contributed by atoms with E-state index in [4.69, 9.17) is 0 Å². The van der Waals surface area contributed by atoms with E-state index in [2.05, 4.69) is 25.4 Å². The van der Waals surface area contributed by atoms with Gasteiger partial charge in [0, 0.05) is 12.8 Å². The average Bonchev–Trinajstić information content (AvgIpc) is 2.04. The van der Waals surface area contributed by atoms with Crippen LogP contribution in [0.5, 0.6) is 0 Å². The van der Waals surface area contributed by atoms with E-state index >= 15 is 0 Å². The highest BCUT2D eigenvalue weighted by atomic mass is 14.7. The third-order valence-corrected chi connectivity index (χ3v) is 1.66. The predicted octanol–water partition coefficient (Wildman–Crippen LogP) is 3.16. The van der Waals surface area contributed by atoms with Crippen LogP contribution < -0.4 is 0 Å². The molecule has 0 bridgehead atoms. The molecule has 0 aliphatic rings. The van der Waals surface area contributed by atoms with Gasteiger partial charge in [-0.1, -0.05) is 30.4 Å². The van der Waals surface area contributed by atoms with Crippen molar-refractivity contribution < 1.29 is 0 Å². The Labute approximate surface area is 75.2 Å². The molecule has 0 N–H and O–H groups in total. The van der Waals surface area contributed by atoms with E-state index in [1.165, 1.54) is 11.1 Å².